The lowest BCUT2D eigenvalue weighted by atomic mass is 10.1. The van der Waals surface area contributed by atoms with Crippen LogP contribution in [0.15, 0.2) is 0 Å². The lowest BCUT2D eigenvalue weighted by molar-refractivity contribution is -0.136. The number of piperidine rings is 1. The molecule has 0 aromatic heterocycles. The number of carboxylic acids is 1. The standard InChI is InChI=1S/C6H12N2O.C4H9NO2/c7-6(9)8-4-2-1-3-5-8;1-5-3-2-4(6)7/h1-5H2,(H2,7,9);5H,2-3H2,1H3,(H,6,7). The Balaban J connectivity index is 0.000000293. The smallest absolute Gasteiger partial charge is 0.314 e. The van der Waals surface area contributed by atoms with Gasteiger partial charge in [-0.25, -0.2) is 4.79 Å². The van der Waals surface area contributed by atoms with Crippen molar-refractivity contribution in [3.8, 4) is 0 Å². The predicted octanol–water partition coefficient (Wildman–Crippen LogP) is 0.232. The number of carbonyl (C=O) groups excluding carboxylic acids is 1. The third-order valence-electron chi connectivity index (χ3n) is 2.26. The summed E-state index contributed by atoms with van der Waals surface area (Å²) >= 11 is 0. The van der Waals surface area contributed by atoms with Crippen LogP contribution in [0.4, 0.5) is 4.79 Å². The van der Waals surface area contributed by atoms with Crippen LogP contribution in [0, 0.1) is 0 Å². The Morgan fingerprint density at radius 1 is 1.31 bits per heavy atom. The van der Waals surface area contributed by atoms with E-state index in [4.69, 9.17) is 10.8 Å². The van der Waals surface area contributed by atoms with Gasteiger partial charge in [-0.2, -0.15) is 0 Å². The summed E-state index contributed by atoms with van der Waals surface area (Å²) in [6.07, 6.45) is 3.67. The highest BCUT2D eigenvalue weighted by molar-refractivity contribution is 5.71. The summed E-state index contributed by atoms with van der Waals surface area (Å²) in [5, 5.41) is 10.7. The monoisotopic (exact) mass is 231 g/mol. The van der Waals surface area contributed by atoms with E-state index in [1.165, 1.54) is 6.42 Å². The van der Waals surface area contributed by atoms with E-state index in [2.05, 4.69) is 5.32 Å². The zero-order chi connectivity index (χ0) is 12.4. The molecule has 6 nitrogen and oxygen atoms in total. The second-order valence-electron chi connectivity index (χ2n) is 3.63. The SMILES string of the molecule is CNCCC(=O)O.NC(=O)N1CCCCC1. The number of urea groups is 1. The Labute approximate surface area is 95.8 Å². The number of carbonyl (C=O) groups is 2. The molecule has 1 heterocycles. The van der Waals surface area contributed by atoms with E-state index in [0.717, 1.165) is 25.9 Å². The lowest BCUT2D eigenvalue weighted by Crippen LogP contribution is -2.39. The molecule has 0 spiro atoms. The molecule has 1 saturated heterocycles. The van der Waals surface area contributed by atoms with Crippen molar-refractivity contribution in [3.05, 3.63) is 0 Å². The molecule has 6 heteroatoms. The number of nitrogens with one attached hydrogen (secondary N) is 1. The summed E-state index contributed by atoms with van der Waals surface area (Å²) in [5.41, 5.74) is 5.05. The molecule has 1 aliphatic rings. The fourth-order valence-electron chi connectivity index (χ4n) is 1.35. The van der Waals surface area contributed by atoms with E-state index in [9.17, 15) is 9.59 Å². The number of rotatable bonds is 3. The van der Waals surface area contributed by atoms with Crippen LogP contribution in [-0.2, 0) is 4.79 Å². The van der Waals surface area contributed by atoms with Crippen molar-refractivity contribution < 1.29 is 14.7 Å². The number of hydrogen-bond donors (Lipinski definition) is 3. The van der Waals surface area contributed by atoms with Crippen molar-refractivity contribution in [3.63, 3.8) is 0 Å². The lowest BCUT2D eigenvalue weighted by Gasteiger charge is -2.24. The minimum Gasteiger partial charge on any atom is -0.481 e. The molecule has 94 valence electrons. The Bertz CT molecular complexity index is 215. The molecule has 1 fully saturated rings. The number of primary amides is 1. The number of carboxylic acid groups (broad SMARTS) is 1. The molecule has 0 saturated carbocycles. The third kappa shape index (κ3) is 8.05. The Kier molecular flexibility index (Phi) is 8.24. The molecule has 1 rings (SSSR count). The summed E-state index contributed by atoms with van der Waals surface area (Å²) in [6, 6.07) is -0.269. The fourth-order valence-corrected chi connectivity index (χ4v) is 1.35. The second kappa shape index (κ2) is 8.96. The average molecular weight is 231 g/mol. The first-order chi connectivity index (χ1) is 7.57. The minimum absolute atomic E-state index is 0.205. The Hall–Kier alpha value is -1.30. The summed E-state index contributed by atoms with van der Waals surface area (Å²) in [6.45, 7) is 2.26. The van der Waals surface area contributed by atoms with Crippen molar-refractivity contribution in [2.45, 2.75) is 25.7 Å². The number of nitrogens with two attached hydrogens (primary N) is 1. The van der Waals surface area contributed by atoms with Crippen molar-refractivity contribution in [2.24, 2.45) is 5.73 Å². The van der Waals surface area contributed by atoms with Crippen LogP contribution < -0.4 is 11.1 Å². The molecule has 0 radical (unpaired) electrons. The predicted molar refractivity (Wildman–Crippen MR) is 61.2 cm³/mol. The number of likely N-dealkylation sites (tertiary alicyclic amines) is 1. The summed E-state index contributed by atoms with van der Waals surface area (Å²) < 4.78 is 0. The first-order valence-electron chi connectivity index (χ1n) is 5.48. The van der Waals surface area contributed by atoms with Gasteiger partial charge in [0.25, 0.3) is 0 Å². The largest absolute Gasteiger partial charge is 0.481 e. The molecule has 4 N–H and O–H groups in total. The molecule has 0 aromatic rings. The molecular formula is C10H21N3O3. The third-order valence-corrected chi connectivity index (χ3v) is 2.26. The van der Waals surface area contributed by atoms with Gasteiger partial charge in [-0.3, -0.25) is 4.79 Å². The van der Waals surface area contributed by atoms with Gasteiger partial charge in [0.15, 0.2) is 0 Å². The van der Waals surface area contributed by atoms with Crippen LogP contribution in [0.2, 0.25) is 0 Å². The van der Waals surface area contributed by atoms with E-state index in [0.29, 0.717) is 6.54 Å². The molecule has 0 unspecified atom stereocenters. The topological polar surface area (TPSA) is 95.7 Å². The molecule has 16 heavy (non-hydrogen) atoms. The fraction of sp³-hybridized carbons (Fsp3) is 0.800. The van der Waals surface area contributed by atoms with Crippen LogP contribution in [0.25, 0.3) is 0 Å². The van der Waals surface area contributed by atoms with Gasteiger partial charge in [0, 0.05) is 19.6 Å². The zero-order valence-electron chi connectivity index (χ0n) is 9.74. The zero-order valence-corrected chi connectivity index (χ0v) is 9.74. The normalized spacial score (nSPS) is 14.9. The van der Waals surface area contributed by atoms with Gasteiger partial charge in [0.05, 0.1) is 6.42 Å². The maximum atomic E-state index is 10.5. The van der Waals surface area contributed by atoms with E-state index >= 15 is 0 Å². The first kappa shape index (κ1) is 14.7. The van der Waals surface area contributed by atoms with Crippen LogP contribution in [-0.4, -0.2) is 48.7 Å². The van der Waals surface area contributed by atoms with Gasteiger partial charge >= 0.3 is 12.0 Å². The number of nitrogens with zero attached hydrogens (tertiary/aromatic N) is 1. The van der Waals surface area contributed by atoms with Crippen molar-refractivity contribution in [1.82, 2.24) is 10.2 Å². The van der Waals surface area contributed by atoms with E-state index < -0.39 is 5.97 Å². The van der Waals surface area contributed by atoms with Gasteiger partial charge < -0.3 is 21.1 Å². The number of aliphatic carboxylic acids is 1. The molecule has 2 amide bonds. The average Bonchev–Trinajstić information content (AvgIpc) is 2.28. The van der Waals surface area contributed by atoms with Gasteiger partial charge in [-0.05, 0) is 26.3 Å². The molecule has 0 bridgehead atoms. The number of amides is 2. The highest BCUT2D eigenvalue weighted by atomic mass is 16.4. The molecule has 0 aliphatic carbocycles. The van der Waals surface area contributed by atoms with E-state index in [-0.39, 0.29) is 12.5 Å². The van der Waals surface area contributed by atoms with E-state index in [1.54, 1.807) is 11.9 Å². The van der Waals surface area contributed by atoms with Crippen molar-refractivity contribution >= 4 is 12.0 Å². The summed E-state index contributed by atoms with van der Waals surface area (Å²) in [7, 11) is 1.73. The molecule has 0 atom stereocenters. The Morgan fingerprint density at radius 2 is 1.88 bits per heavy atom. The van der Waals surface area contributed by atoms with E-state index in [1.807, 2.05) is 0 Å². The Morgan fingerprint density at radius 3 is 2.12 bits per heavy atom. The quantitative estimate of drug-likeness (QED) is 0.648. The maximum absolute atomic E-state index is 10.5. The highest BCUT2D eigenvalue weighted by Gasteiger charge is 2.11. The summed E-state index contributed by atoms with van der Waals surface area (Å²) in [4.78, 5) is 21.9. The van der Waals surface area contributed by atoms with Gasteiger partial charge in [0.2, 0.25) is 0 Å². The highest BCUT2D eigenvalue weighted by Crippen LogP contribution is 2.06. The van der Waals surface area contributed by atoms with Crippen molar-refractivity contribution in [1.29, 1.82) is 0 Å². The molecule has 1 aliphatic heterocycles. The van der Waals surface area contributed by atoms with Crippen LogP contribution >= 0.6 is 0 Å². The van der Waals surface area contributed by atoms with Crippen LogP contribution in [0.1, 0.15) is 25.7 Å². The van der Waals surface area contributed by atoms with Crippen LogP contribution in [0.5, 0.6) is 0 Å². The van der Waals surface area contributed by atoms with Gasteiger partial charge in [0.1, 0.15) is 0 Å². The second-order valence-corrected chi connectivity index (χ2v) is 3.63. The van der Waals surface area contributed by atoms with Gasteiger partial charge in [-0.1, -0.05) is 0 Å². The number of hydrogen-bond acceptors (Lipinski definition) is 3. The minimum atomic E-state index is -0.755. The summed E-state index contributed by atoms with van der Waals surface area (Å²) in [5.74, 6) is -0.755. The maximum Gasteiger partial charge on any atom is 0.314 e. The first-order valence-corrected chi connectivity index (χ1v) is 5.48. The molecule has 0 aromatic carbocycles. The van der Waals surface area contributed by atoms with Crippen molar-refractivity contribution in [2.75, 3.05) is 26.7 Å². The van der Waals surface area contributed by atoms with Crippen LogP contribution in [0.3, 0.4) is 0 Å². The molecular weight excluding hydrogens is 210 g/mol. The van der Waals surface area contributed by atoms with Gasteiger partial charge in [-0.15, -0.1) is 0 Å².